The van der Waals surface area contributed by atoms with Crippen LogP contribution >= 0.6 is 11.6 Å². The van der Waals surface area contributed by atoms with Gasteiger partial charge in [0.15, 0.2) is 11.4 Å². The molecule has 1 saturated heterocycles. The fourth-order valence-corrected chi connectivity index (χ4v) is 4.10. The number of pyridine rings is 1. The van der Waals surface area contributed by atoms with E-state index >= 15 is 0 Å². The summed E-state index contributed by atoms with van der Waals surface area (Å²) in [6, 6.07) is 19.4. The number of hydrogen-bond acceptors (Lipinski definition) is 5. The number of halogens is 1. The molecule has 0 spiro atoms. The number of amides is 1. The van der Waals surface area contributed by atoms with Crippen molar-refractivity contribution in [1.82, 2.24) is 9.88 Å². The largest absolute Gasteiger partial charge is 0.478 e. The van der Waals surface area contributed by atoms with Crippen LogP contribution in [-0.2, 0) is 11.3 Å². The maximum atomic E-state index is 13.2. The number of nitrogens with zero attached hydrogens (tertiary/aromatic N) is 3. The summed E-state index contributed by atoms with van der Waals surface area (Å²) in [5.74, 6) is 0.366. The second kappa shape index (κ2) is 10.8. The number of carbonyl (C=O) groups excluding carboxylic acids is 2. The number of benzene rings is 2. The summed E-state index contributed by atoms with van der Waals surface area (Å²) in [6.45, 7) is 5.33. The van der Waals surface area contributed by atoms with Gasteiger partial charge in [-0.15, -0.1) is 0 Å². The van der Waals surface area contributed by atoms with Gasteiger partial charge in [0.2, 0.25) is 0 Å². The predicted octanol–water partition coefficient (Wildman–Crippen LogP) is 5.39. The third-order valence-electron chi connectivity index (χ3n) is 5.93. The van der Waals surface area contributed by atoms with E-state index in [1.165, 1.54) is 0 Å². The molecule has 3 aromatic rings. The van der Waals surface area contributed by atoms with Gasteiger partial charge in [-0.25, -0.2) is 0 Å². The summed E-state index contributed by atoms with van der Waals surface area (Å²) in [4.78, 5) is 36.7. The molecule has 0 saturated carbocycles. The molecule has 1 fully saturated rings. The van der Waals surface area contributed by atoms with Crippen LogP contribution in [0.1, 0.15) is 48.3 Å². The van der Waals surface area contributed by atoms with Crippen LogP contribution in [0.15, 0.2) is 77.9 Å². The minimum Gasteiger partial charge on any atom is -0.478 e. The van der Waals surface area contributed by atoms with Crippen LogP contribution in [0.4, 0.5) is 0 Å². The molecule has 0 N–H and O–H groups in total. The van der Waals surface area contributed by atoms with Crippen LogP contribution in [0.25, 0.3) is 0 Å². The van der Waals surface area contributed by atoms with Crippen LogP contribution in [0.3, 0.4) is 0 Å². The lowest BCUT2D eigenvalue weighted by Gasteiger charge is -2.35. The molecule has 4 rings (SSSR count). The molecule has 0 radical (unpaired) electrons. The average molecular weight is 490 g/mol. The molecule has 7 heteroatoms. The number of piperidine rings is 1. The zero-order valence-corrected chi connectivity index (χ0v) is 20.7. The highest BCUT2D eigenvalue weighted by Crippen LogP contribution is 2.24. The molecule has 2 aromatic carbocycles. The number of rotatable bonds is 7. The van der Waals surface area contributed by atoms with Crippen LogP contribution in [0.2, 0.25) is 5.02 Å². The first-order chi connectivity index (χ1) is 16.8. The summed E-state index contributed by atoms with van der Waals surface area (Å²) in [7, 11) is 0. The van der Waals surface area contributed by atoms with E-state index in [-0.39, 0.29) is 11.7 Å². The monoisotopic (exact) mass is 489 g/mol. The number of ketones is 1. The molecule has 1 aromatic heterocycles. The fraction of sp³-hybridized carbons (Fsp3) is 0.286. The Morgan fingerprint density at radius 2 is 1.60 bits per heavy atom. The number of aromatic nitrogens is 1. The summed E-state index contributed by atoms with van der Waals surface area (Å²) in [5, 5.41) is 0.582. The van der Waals surface area contributed by atoms with E-state index in [0.29, 0.717) is 41.5 Å². The second-order valence-corrected chi connectivity index (χ2v) is 9.40. The van der Waals surface area contributed by atoms with E-state index in [1.807, 2.05) is 23.1 Å². The summed E-state index contributed by atoms with van der Waals surface area (Å²) in [6.07, 6.45) is 3.26. The van der Waals surface area contributed by atoms with Crippen molar-refractivity contribution in [2.75, 3.05) is 13.1 Å². The minimum absolute atomic E-state index is 0.0670. The summed E-state index contributed by atoms with van der Waals surface area (Å²) >= 11 is 5.90. The molecule has 0 unspecified atom stereocenters. The van der Waals surface area contributed by atoms with Crippen molar-refractivity contribution in [3.8, 4) is 5.75 Å². The van der Waals surface area contributed by atoms with Crippen molar-refractivity contribution in [3.05, 3.63) is 94.8 Å². The van der Waals surface area contributed by atoms with E-state index in [0.717, 1.165) is 24.2 Å². The number of ether oxygens (including phenoxy) is 1. The quantitative estimate of drug-likeness (QED) is 0.417. The molecule has 1 amide bonds. The average Bonchev–Trinajstić information content (AvgIpc) is 2.88. The van der Waals surface area contributed by atoms with Gasteiger partial charge in [0.05, 0.1) is 12.2 Å². The lowest BCUT2D eigenvalue weighted by molar-refractivity contribution is -0.145. The van der Waals surface area contributed by atoms with Crippen molar-refractivity contribution < 1.29 is 14.3 Å². The first kappa shape index (κ1) is 24.6. The van der Waals surface area contributed by atoms with Crippen LogP contribution < -0.4 is 4.74 Å². The summed E-state index contributed by atoms with van der Waals surface area (Å²) in [5.41, 5.74) is 2.11. The molecule has 0 bridgehead atoms. The van der Waals surface area contributed by atoms with Gasteiger partial charge in [-0.1, -0.05) is 17.7 Å². The summed E-state index contributed by atoms with van der Waals surface area (Å²) < 4.78 is 6.05. The standard InChI is InChI=1S/C28H28ClN3O3/c1-28(2,27(34)32-17-14-23(15-18-32)31-19-24-5-3-4-16-30-24)35-25-12-8-21(9-13-25)26(33)20-6-10-22(29)11-7-20/h3-13,16H,14-15,17-19H2,1-2H3. The highest BCUT2D eigenvalue weighted by atomic mass is 35.5. The van der Waals surface area contributed by atoms with Gasteiger partial charge in [-0.2, -0.15) is 0 Å². The van der Waals surface area contributed by atoms with Gasteiger partial charge >= 0.3 is 0 Å². The van der Waals surface area contributed by atoms with E-state index in [1.54, 1.807) is 68.6 Å². The van der Waals surface area contributed by atoms with Crippen molar-refractivity contribution in [2.45, 2.75) is 38.8 Å². The predicted molar refractivity (Wildman–Crippen MR) is 137 cm³/mol. The Labute approximate surface area is 210 Å². The van der Waals surface area contributed by atoms with E-state index in [2.05, 4.69) is 9.98 Å². The molecule has 180 valence electrons. The third kappa shape index (κ3) is 6.34. The highest BCUT2D eigenvalue weighted by molar-refractivity contribution is 6.30. The van der Waals surface area contributed by atoms with Crippen molar-refractivity contribution >= 4 is 29.0 Å². The Hall–Kier alpha value is -3.51. The highest BCUT2D eigenvalue weighted by Gasteiger charge is 2.35. The number of likely N-dealkylation sites (tertiary alicyclic amines) is 1. The SMILES string of the molecule is CC(C)(Oc1ccc(C(=O)c2ccc(Cl)cc2)cc1)C(=O)N1CCC(=NCc2ccccn2)CC1. The maximum absolute atomic E-state index is 13.2. The number of carbonyl (C=O) groups is 2. The van der Waals surface area contributed by atoms with Gasteiger partial charge in [-0.05, 0) is 74.5 Å². The van der Waals surface area contributed by atoms with Crippen molar-refractivity contribution in [3.63, 3.8) is 0 Å². The number of hydrogen-bond donors (Lipinski definition) is 0. The van der Waals surface area contributed by atoms with E-state index in [9.17, 15) is 9.59 Å². The first-order valence-electron chi connectivity index (χ1n) is 11.6. The van der Waals surface area contributed by atoms with Gasteiger partial charge in [0.1, 0.15) is 5.75 Å². The fourth-order valence-electron chi connectivity index (χ4n) is 3.97. The van der Waals surface area contributed by atoms with Gasteiger partial charge in [-0.3, -0.25) is 19.6 Å². The van der Waals surface area contributed by atoms with Gasteiger partial charge < -0.3 is 9.64 Å². The molecule has 35 heavy (non-hydrogen) atoms. The Morgan fingerprint density at radius 1 is 0.971 bits per heavy atom. The molecule has 6 nitrogen and oxygen atoms in total. The van der Waals surface area contributed by atoms with Crippen molar-refractivity contribution in [2.24, 2.45) is 4.99 Å². The molecular formula is C28H28ClN3O3. The van der Waals surface area contributed by atoms with Crippen molar-refractivity contribution in [1.29, 1.82) is 0 Å². The normalized spacial score (nSPS) is 13.9. The second-order valence-electron chi connectivity index (χ2n) is 8.97. The smallest absolute Gasteiger partial charge is 0.266 e. The zero-order valence-electron chi connectivity index (χ0n) is 19.9. The molecule has 0 aliphatic carbocycles. The Morgan fingerprint density at radius 3 is 2.20 bits per heavy atom. The molecule has 2 heterocycles. The Bertz CT molecular complexity index is 1200. The first-order valence-corrected chi connectivity index (χ1v) is 12.0. The van der Waals surface area contributed by atoms with Crippen LogP contribution in [-0.4, -0.2) is 46.0 Å². The number of aliphatic imine (C=N–C) groups is 1. The third-order valence-corrected chi connectivity index (χ3v) is 6.18. The van der Waals surface area contributed by atoms with Gasteiger partial charge in [0.25, 0.3) is 5.91 Å². The zero-order chi connectivity index (χ0) is 24.8. The molecular weight excluding hydrogens is 462 g/mol. The van der Waals surface area contributed by atoms with Gasteiger partial charge in [0, 0.05) is 54.0 Å². The lowest BCUT2D eigenvalue weighted by Crippen LogP contribution is -2.51. The minimum atomic E-state index is -1.04. The topological polar surface area (TPSA) is 71.9 Å². The Balaban J connectivity index is 1.32. The van der Waals surface area contributed by atoms with Crippen LogP contribution in [0.5, 0.6) is 5.75 Å². The molecule has 1 aliphatic rings. The Kier molecular flexibility index (Phi) is 7.61. The molecule has 1 aliphatic heterocycles. The van der Waals surface area contributed by atoms with E-state index < -0.39 is 5.60 Å². The van der Waals surface area contributed by atoms with E-state index in [4.69, 9.17) is 16.3 Å². The molecule has 0 atom stereocenters. The lowest BCUT2D eigenvalue weighted by atomic mass is 10.0. The van der Waals surface area contributed by atoms with Crippen LogP contribution in [0, 0.1) is 0 Å². The maximum Gasteiger partial charge on any atom is 0.266 e.